The summed E-state index contributed by atoms with van der Waals surface area (Å²) in [7, 11) is 0. The lowest BCUT2D eigenvalue weighted by Crippen LogP contribution is -2.48. The Morgan fingerprint density at radius 1 is 1.41 bits per heavy atom. The highest BCUT2D eigenvalue weighted by Crippen LogP contribution is 2.32. The summed E-state index contributed by atoms with van der Waals surface area (Å²) in [6, 6.07) is 6.43. The second-order valence-electron chi connectivity index (χ2n) is 5.81. The Labute approximate surface area is 144 Å². The number of carbonyl (C=O) groups is 1. The number of aromatic nitrogens is 1. The van der Waals surface area contributed by atoms with Crippen LogP contribution in [0.3, 0.4) is 0 Å². The molecule has 22 heavy (non-hydrogen) atoms. The lowest BCUT2D eigenvalue weighted by molar-refractivity contribution is -0.134. The van der Waals surface area contributed by atoms with Crippen LogP contribution in [0, 0.1) is 0 Å². The van der Waals surface area contributed by atoms with E-state index in [0.717, 1.165) is 27.4 Å². The molecule has 3 rings (SSSR count). The highest BCUT2D eigenvalue weighted by molar-refractivity contribution is 8.01. The lowest BCUT2D eigenvalue weighted by Gasteiger charge is -2.39. The molecule has 1 aromatic heterocycles. The van der Waals surface area contributed by atoms with Gasteiger partial charge in [-0.25, -0.2) is 4.98 Å². The number of carbonyl (C=O) groups excluding carboxylic acids is 1. The number of rotatable bonds is 3. The van der Waals surface area contributed by atoms with Gasteiger partial charge in [-0.15, -0.1) is 11.3 Å². The number of likely N-dealkylation sites (tertiary alicyclic amines) is 1. The first-order valence-corrected chi connectivity index (χ1v) is 9.72. The number of amides is 1. The zero-order valence-electron chi connectivity index (χ0n) is 12.7. The summed E-state index contributed by atoms with van der Waals surface area (Å²) < 4.78 is 2.04. The van der Waals surface area contributed by atoms with Crippen molar-refractivity contribution in [3.63, 3.8) is 0 Å². The molecule has 6 heteroatoms. The minimum Gasteiger partial charge on any atom is -0.337 e. The average Bonchev–Trinajstić information content (AvgIpc) is 2.87. The van der Waals surface area contributed by atoms with Crippen LogP contribution in [0.1, 0.15) is 33.1 Å². The van der Waals surface area contributed by atoms with Crippen molar-refractivity contribution in [2.45, 2.75) is 49.5 Å². The fraction of sp³-hybridized carbons (Fsp3) is 0.500. The molecule has 0 aliphatic carbocycles. The van der Waals surface area contributed by atoms with Crippen LogP contribution in [0.5, 0.6) is 0 Å². The van der Waals surface area contributed by atoms with Gasteiger partial charge in [0.15, 0.2) is 4.34 Å². The molecule has 1 fully saturated rings. The Morgan fingerprint density at radius 3 is 2.86 bits per heavy atom. The predicted molar refractivity (Wildman–Crippen MR) is 95.0 cm³/mol. The van der Waals surface area contributed by atoms with E-state index < -0.39 is 0 Å². The van der Waals surface area contributed by atoms with E-state index in [2.05, 4.69) is 23.7 Å². The van der Waals surface area contributed by atoms with Gasteiger partial charge in [-0.1, -0.05) is 23.4 Å². The van der Waals surface area contributed by atoms with E-state index in [0.29, 0.717) is 22.9 Å². The maximum Gasteiger partial charge on any atom is 0.233 e. The Hall–Kier alpha value is -0.780. The summed E-state index contributed by atoms with van der Waals surface area (Å²) in [5.74, 6) is 0.685. The van der Waals surface area contributed by atoms with E-state index in [-0.39, 0.29) is 5.91 Å². The minimum atomic E-state index is 0.224. The molecule has 0 N–H and O–H groups in total. The first kappa shape index (κ1) is 16.1. The summed E-state index contributed by atoms with van der Waals surface area (Å²) in [5, 5.41) is 0.696. The topological polar surface area (TPSA) is 33.2 Å². The number of thiazole rings is 1. The minimum absolute atomic E-state index is 0.224. The molecule has 0 spiro atoms. The van der Waals surface area contributed by atoms with Gasteiger partial charge in [0.25, 0.3) is 0 Å². The molecule has 118 valence electrons. The number of halogens is 1. The molecule has 2 atom stereocenters. The molecule has 0 saturated carbocycles. The van der Waals surface area contributed by atoms with Gasteiger partial charge in [0, 0.05) is 17.1 Å². The summed E-state index contributed by atoms with van der Waals surface area (Å²) in [4.78, 5) is 19.1. The van der Waals surface area contributed by atoms with Crippen molar-refractivity contribution < 1.29 is 4.79 Å². The number of hydrogen-bond donors (Lipinski definition) is 0. The second-order valence-corrected chi connectivity index (χ2v) is 8.50. The average molecular weight is 355 g/mol. The maximum absolute atomic E-state index is 12.5. The number of hydrogen-bond acceptors (Lipinski definition) is 4. The van der Waals surface area contributed by atoms with Crippen LogP contribution in [-0.2, 0) is 4.79 Å². The Bertz CT molecular complexity index is 678. The van der Waals surface area contributed by atoms with Gasteiger partial charge in [-0.05, 0) is 51.3 Å². The third kappa shape index (κ3) is 3.42. The largest absolute Gasteiger partial charge is 0.337 e. The molecule has 1 aliphatic rings. The number of thioether (sulfide) groups is 1. The van der Waals surface area contributed by atoms with Crippen molar-refractivity contribution in [3.8, 4) is 0 Å². The summed E-state index contributed by atoms with van der Waals surface area (Å²) in [6.07, 6.45) is 3.44. The first-order valence-electron chi connectivity index (χ1n) is 7.54. The van der Waals surface area contributed by atoms with Gasteiger partial charge in [0.2, 0.25) is 5.91 Å². The highest BCUT2D eigenvalue weighted by Gasteiger charge is 2.28. The van der Waals surface area contributed by atoms with Crippen molar-refractivity contribution in [1.82, 2.24) is 9.88 Å². The van der Waals surface area contributed by atoms with E-state index in [9.17, 15) is 4.79 Å². The Balaban J connectivity index is 1.66. The SMILES string of the molecule is CC1CCCC(C)N1C(=O)CSc1nc2cc(Cl)ccc2s1. The zero-order chi connectivity index (χ0) is 15.7. The van der Waals surface area contributed by atoms with Crippen molar-refractivity contribution in [3.05, 3.63) is 23.2 Å². The molecule has 3 nitrogen and oxygen atoms in total. The summed E-state index contributed by atoms with van der Waals surface area (Å²) in [6.45, 7) is 4.30. The number of piperidine rings is 1. The number of fused-ring (bicyclic) bond motifs is 1. The van der Waals surface area contributed by atoms with E-state index in [1.165, 1.54) is 18.2 Å². The third-order valence-electron chi connectivity index (χ3n) is 4.13. The van der Waals surface area contributed by atoms with Crippen molar-refractivity contribution >= 4 is 50.8 Å². The van der Waals surface area contributed by atoms with Gasteiger partial charge in [-0.3, -0.25) is 4.79 Å². The molecular formula is C16H19ClN2OS2. The van der Waals surface area contributed by atoms with Gasteiger partial charge < -0.3 is 4.90 Å². The molecule has 1 aromatic carbocycles. The molecule has 1 aliphatic heterocycles. The smallest absolute Gasteiger partial charge is 0.233 e. The van der Waals surface area contributed by atoms with E-state index >= 15 is 0 Å². The van der Waals surface area contributed by atoms with Gasteiger partial charge >= 0.3 is 0 Å². The monoisotopic (exact) mass is 354 g/mol. The molecular weight excluding hydrogens is 336 g/mol. The first-order chi connectivity index (χ1) is 10.5. The van der Waals surface area contributed by atoms with Gasteiger partial charge in [0.1, 0.15) is 0 Å². The van der Waals surface area contributed by atoms with Gasteiger partial charge in [0.05, 0.1) is 16.0 Å². The molecule has 2 heterocycles. The molecule has 2 unspecified atom stereocenters. The van der Waals surface area contributed by atoms with Crippen LogP contribution in [0.25, 0.3) is 10.2 Å². The van der Waals surface area contributed by atoms with Crippen LogP contribution in [0.15, 0.2) is 22.5 Å². The van der Waals surface area contributed by atoms with Crippen LogP contribution >= 0.6 is 34.7 Å². The molecule has 1 amide bonds. The van der Waals surface area contributed by atoms with Crippen molar-refractivity contribution in [2.75, 3.05) is 5.75 Å². The Kier molecular flexibility index (Phi) is 4.95. The molecule has 0 radical (unpaired) electrons. The van der Waals surface area contributed by atoms with Crippen LogP contribution < -0.4 is 0 Å². The highest BCUT2D eigenvalue weighted by atomic mass is 35.5. The Morgan fingerprint density at radius 2 is 2.14 bits per heavy atom. The van der Waals surface area contributed by atoms with E-state index in [4.69, 9.17) is 11.6 Å². The van der Waals surface area contributed by atoms with Crippen LogP contribution in [0.4, 0.5) is 0 Å². The molecule has 0 bridgehead atoms. The van der Waals surface area contributed by atoms with Gasteiger partial charge in [-0.2, -0.15) is 0 Å². The standard InChI is InChI=1S/C16H19ClN2OS2/c1-10-4-3-5-11(2)19(10)15(20)9-21-16-18-13-8-12(17)6-7-14(13)22-16/h6-8,10-11H,3-5,9H2,1-2H3. The lowest BCUT2D eigenvalue weighted by atomic mass is 9.98. The second kappa shape index (κ2) is 6.77. The summed E-state index contributed by atoms with van der Waals surface area (Å²) >= 11 is 9.14. The zero-order valence-corrected chi connectivity index (χ0v) is 15.1. The molecule has 1 saturated heterocycles. The quantitative estimate of drug-likeness (QED) is 0.740. The molecule has 2 aromatic rings. The predicted octanol–water partition coefficient (Wildman–Crippen LogP) is 4.83. The van der Waals surface area contributed by atoms with Crippen molar-refractivity contribution in [2.24, 2.45) is 0 Å². The van der Waals surface area contributed by atoms with E-state index in [1.807, 2.05) is 18.2 Å². The van der Waals surface area contributed by atoms with Crippen molar-refractivity contribution in [1.29, 1.82) is 0 Å². The van der Waals surface area contributed by atoms with Crippen LogP contribution in [-0.4, -0.2) is 33.6 Å². The normalized spacial score (nSPS) is 22.2. The van der Waals surface area contributed by atoms with Crippen LogP contribution in [0.2, 0.25) is 5.02 Å². The van der Waals surface area contributed by atoms with E-state index in [1.54, 1.807) is 11.3 Å². The third-order valence-corrected chi connectivity index (χ3v) is 6.53. The number of nitrogens with zero attached hydrogens (tertiary/aromatic N) is 2. The fourth-order valence-electron chi connectivity index (χ4n) is 3.05. The fourth-order valence-corrected chi connectivity index (χ4v) is 5.14. The summed E-state index contributed by atoms with van der Waals surface area (Å²) in [5.41, 5.74) is 0.909. The maximum atomic E-state index is 12.5. The number of benzene rings is 1.